The van der Waals surface area contributed by atoms with Crippen LogP contribution in [0.15, 0.2) is 36.4 Å². The van der Waals surface area contributed by atoms with Crippen molar-refractivity contribution in [3.63, 3.8) is 0 Å². The van der Waals surface area contributed by atoms with Gasteiger partial charge in [-0.2, -0.15) is 0 Å². The SMILES string of the molecule is Cc1ccc([N+](=O)[O-])cc1NC(=O)CNC(C)(C)c1ccc(Cl)c(Cl)c1. The summed E-state index contributed by atoms with van der Waals surface area (Å²) in [4.78, 5) is 22.6. The quantitative estimate of drug-likeness (QED) is 0.549. The van der Waals surface area contributed by atoms with Gasteiger partial charge in [0, 0.05) is 17.7 Å². The number of benzene rings is 2. The van der Waals surface area contributed by atoms with Gasteiger partial charge in [0.25, 0.3) is 5.69 Å². The van der Waals surface area contributed by atoms with Crippen LogP contribution >= 0.6 is 23.2 Å². The van der Waals surface area contributed by atoms with E-state index in [1.807, 2.05) is 19.9 Å². The molecule has 0 saturated heterocycles. The lowest BCUT2D eigenvalue weighted by Crippen LogP contribution is -2.41. The molecular formula is C18H19Cl2N3O3. The van der Waals surface area contributed by atoms with Gasteiger partial charge >= 0.3 is 0 Å². The van der Waals surface area contributed by atoms with Crippen LogP contribution in [0.4, 0.5) is 11.4 Å². The average molecular weight is 396 g/mol. The summed E-state index contributed by atoms with van der Waals surface area (Å²) in [6.07, 6.45) is 0. The number of anilines is 1. The molecule has 0 bridgehead atoms. The molecule has 0 fully saturated rings. The van der Waals surface area contributed by atoms with Gasteiger partial charge in [0.05, 0.1) is 27.2 Å². The van der Waals surface area contributed by atoms with Crippen molar-refractivity contribution in [1.29, 1.82) is 0 Å². The lowest BCUT2D eigenvalue weighted by atomic mass is 9.94. The average Bonchev–Trinajstić information content (AvgIpc) is 2.57. The maximum absolute atomic E-state index is 12.3. The molecule has 6 nitrogen and oxygen atoms in total. The Labute approximate surface area is 161 Å². The normalized spacial score (nSPS) is 11.3. The minimum atomic E-state index is -0.525. The fourth-order valence-corrected chi connectivity index (χ4v) is 2.64. The number of nitro benzene ring substituents is 1. The van der Waals surface area contributed by atoms with Crippen LogP contribution in [0.1, 0.15) is 25.0 Å². The first-order valence-electron chi connectivity index (χ1n) is 7.85. The third-order valence-electron chi connectivity index (χ3n) is 4.04. The van der Waals surface area contributed by atoms with E-state index in [0.717, 1.165) is 11.1 Å². The van der Waals surface area contributed by atoms with Gasteiger partial charge in [-0.3, -0.25) is 20.2 Å². The largest absolute Gasteiger partial charge is 0.324 e. The summed E-state index contributed by atoms with van der Waals surface area (Å²) in [6, 6.07) is 9.63. The van der Waals surface area contributed by atoms with E-state index in [-0.39, 0.29) is 18.1 Å². The van der Waals surface area contributed by atoms with Gasteiger partial charge in [-0.1, -0.05) is 35.3 Å². The fourth-order valence-electron chi connectivity index (χ4n) is 2.34. The van der Waals surface area contributed by atoms with Crippen LogP contribution in [-0.4, -0.2) is 17.4 Å². The predicted octanol–water partition coefficient (Wildman–Crippen LogP) is 4.67. The maximum atomic E-state index is 12.3. The number of nitro groups is 1. The van der Waals surface area contributed by atoms with Crippen molar-refractivity contribution in [1.82, 2.24) is 5.32 Å². The van der Waals surface area contributed by atoms with Crippen molar-refractivity contribution in [2.75, 3.05) is 11.9 Å². The number of carbonyl (C=O) groups excluding carboxylic acids is 1. The van der Waals surface area contributed by atoms with Crippen molar-refractivity contribution in [3.8, 4) is 0 Å². The molecule has 26 heavy (non-hydrogen) atoms. The van der Waals surface area contributed by atoms with Crippen molar-refractivity contribution in [3.05, 3.63) is 67.7 Å². The van der Waals surface area contributed by atoms with E-state index >= 15 is 0 Å². The van der Waals surface area contributed by atoms with Crippen LogP contribution in [0.3, 0.4) is 0 Å². The van der Waals surface area contributed by atoms with E-state index in [2.05, 4.69) is 10.6 Å². The van der Waals surface area contributed by atoms with Crippen molar-refractivity contribution >= 4 is 40.5 Å². The van der Waals surface area contributed by atoms with E-state index in [9.17, 15) is 14.9 Å². The Kier molecular flexibility index (Phi) is 6.23. The van der Waals surface area contributed by atoms with E-state index in [1.54, 1.807) is 25.1 Å². The highest BCUT2D eigenvalue weighted by Crippen LogP contribution is 2.28. The Morgan fingerprint density at radius 2 is 1.85 bits per heavy atom. The molecule has 0 aliphatic heterocycles. The highest BCUT2D eigenvalue weighted by atomic mass is 35.5. The summed E-state index contributed by atoms with van der Waals surface area (Å²) in [6.45, 7) is 5.62. The molecule has 0 aliphatic carbocycles. The number of aryl methyl sites for hydroxylation is 1. The van der Waals surface area contributed by atoms with Gasteiger partial charge in [0.2, 0.25) is 5.91 Å². The van der Waals surface area contributed by atoms with E-state index in [1.165, 1.54) is 12.1 Å². The molecule has 2 N–H and O–H groups in total. The molecule has 0 aliphatic rings. The zero-order valence-electron chi connectivity index (χ0n) is 14.6. The lowest BCUT2D eigenvalue weighted by molar-refractivity contribution is -0.384. The third kappa shape index (κ3) is 4.94. The number of nitrogens with one attached hydrogen (secondary N) is 2. The molecule has 2 aromatic rings. The zero-order chi connectivity index (χ0) is 19.5. The molecule has 0 atom stereocenters. The van der Waals surface area contributed by atoms with Gasteiger partial charge < -0.3 is 5.32 Å². The molecule has 1 amide bonds. The van der Waals surface area contributed by atoms with Gasteiger partial charge in [-0.25, -0.2) is 0 Å². The van der Waals surface area contributed by atoms with Crippen LogP contribution in [0.2, 0.25) is 10.0 Å². The number of nitrogens with zero attached hydrogens (tertiary/aromatic N) is 1. The smallest absolute Gasteiger partial charge is 0.271 e. The molecule has 8 heteroatoms. The first-order chi connectivity index (χ1) is 12.1. The molecule has 0 spiro atoms. The molecular weight excluding hydrogens is 377 g/mol. The Bertz CT molecular complexity index is 854. The summed E-state index contributed by atoms with van der Waals surface area (Å²) in [5, 5.41) is 17.6. The van der Waals surface area contributed by atoms with Crippen molar-refractivity contribution in [2.45, 2.75) is 26.3 Å². The number of hydrogen-bond acceptors (Lipinski definition) is 4. The second-order valence-corrected chi connectivity index (χ2v) is 7.23. The number of rotatable bonds is 6. The van der Waals surface area contributed by atoms with E-state index in [4.69, 9.17) is 23.2 Å². The number of carbonyl (C=O) groups is 1. The van der Waals surface area contributed by atoms with Crippen molar-refractivity contribution < 1.29 is 9.72 Å². The molecule has 0 heterocycles. The number of non-ortho nitro benzene ring substituents is 1. The van der Waals surface area contributed by atoms with E-state index in [0.29, 0.717) is 15.7 Å². The molecule has 0 unspecified atom stereocenters. The third-order valence-corrected chi connectivity index (χ3v) is 4.78. The summed E-state index contributed by atoms with van der Waals surface area (Å²) in [5.74, 6) is -0.304. The first-order valence-corrected chi connectivity index (χ1v) is 8.61. The topological polar surface area (TPSA) is 84.3 Å². The minimum absolute atomic E-state index is 0.0232. The zero-order valence-corrected chi connectivity index (χ0v) is 16.1. The number of amides is 1. The molecule has 138 valence electrons. The maximum Gasteiger partial charge on any atom is 0.271 e. The molecule has 0 radical (unpaired) electrons. The van der Waals surface area contributed by atoms with Crippen LogP contribution in [-0.2, 0) is 10.3 Å². The van der Waals surface area contributed by atoms with Crippen molar-refractivity contribution in [2.24, 2.45) is 0 Å². The summed E-state index contributed by atoms with van der Waals surface area (Å²) >= 11 is 12.0. The lowest BCUT2D eigenvalue weighted by Gasteiger charge is -2.27. The van der Waals surface area contributed by atoms with Gasteiger partial charge in [-0.15, -0.1) is 0 Å². The summed E-state index contributed by atoms with van der Waals surface area (Å²) < 4.78 is 0. The monoisotopic (exact) mass is 395 g/mol. The standard InChI is InChI=1S/C18H19Cl2N3O3/c1-11-4-6-13(23(25)26)9-16(11)22-17(24)10-21-18(2,3)12-5-7-14(19)15(20)8-12/h4-9,21H,10H2,1-3H3,(H,22,24). The number of hydrogen-bond donors (Lipinski definition) is 2. The second kappa shape index (κ2) is 8.03. The predicted molar refractivity (Wildman–Crippen MR) is 104 cm³/mol. The Hall–Kier alpha value is -2.15. The Morgan fingerprint density at radius 3 is 2.46 bits per heavy atom. The van der Waals surface area contributed by atoms with Gasteiger partial charge in [0.15, 0.2) is 0 Å². The number of halogens is 2. The van der Waals surface area contributed by atoms with Crippen LogP contribution in [0.5, 0.6) is 0 Å². The molecule has 0 saturated carbocycles. The summed E-state index contributed by atoms with van der Waals surface area (Å²) in [5.41, 5.74) is 1.44. The highest BCUT2D eigenvalue weighted by molar-refractivity contribution is 6.42. The summed E-state index contributed by atoms with van der Waals surface area (Å²) in [7, 11) is 0. The molecule has 0 aromatic heterocycles. The van der Waals surface area contributed by atoms with E-state index < -0.39 is 10.5 Å². The molecule has 2 rings (SSSR count). The highest BCUT2D eigenvalue weighted by Gasteiger charge is 2.22. The van der Waals surface area contributed by atoms with Crippen LogP contribution in [0, 0.1) is 17.0 Å². The molecule has 2 aromatic carbocycles. The van der Waals surface area contributed by atoms with Crippen LogP contribution in [0.25, 0.3) is 0 Å². The second-order valence-electron chi connectivity index (χ2n) is 6.41. The fraction of sp³-hybridized carbons (Fsp3) is 0.278. The first kappa shape index (κ1) is 20.2. The van der Waals surface area contributed by atoms with Gasteiger partial charge in [0.1, 0.15) is 0 Å². The Balaban J connectivity index is 2.05. The van der Waals surface area contributed by atoms with Crippen LogP contribution < -0.4 is 10.6 Å². The minimum Gasteiger partial charge on any atom is -0.324 e. The van der Waals surface area contributed by atoms with Gasteiger partial charge in [-0.05, 0) is 44.0 Å². The Morgan fingerprint density at radius 1 is 1.15 bits per heavy atom.